The second kappa shape index (κ2) is 11.2. The zero-order valence-electron chi connectivity index (χ0n) is 23.7. The van der Waals surface area contributed by atoms with Crippen LogP contribution in [0.4, 0.5) is 0 Å². The van der Waals surface area contributed by atoms with Gasteiger partial charge in [-0.1, -0.05) is 18.7 Å². The number of rotatable bonds is 7. The van der Waals surface area contributed by atoms with Crippen LogP contribution in [0, 0.1) is 17.8 Å². The topological polar surface area (TPSA) is 189 Å². The van der Waals surface area contributed by atoms with Crippen molar-refractivity contribution < 1.29 is 49.0 Å². The molecule has 7 heterocycles. The summed E-state index contributed by atoms with van der Waals surface area (Å²) in [4.78, 5) is 55.3. The van der Waals surface area contributed by atoms with Crippen LogP contribution in [0.5, 0.6) is 0 Å². The number of carboxylic acids is 2. The van der Waals surface area contributed by atoms with Crippen LogP contribution in [0.3, 0.4) is 0 Å². The van der Waals surface area contributed by atoms with Gasteiger partial charge in [0.05, 0.1) is 59.7 Å². The lowest BCUT2D eigenvalue weighted by atomic mass is 9.79. The van der Waals surface area contributed by atoms with Gasteiger partial charge in [0.1, 0.15) is 17.6 Å². The highest BCUT2D eigenvalue weighted by Crippen LogP contribution is 2.53. The van der Waals surface area contributed by atoms with Crippen molar-refractivity contribution in [3.8, 4) is 0 Å². The molecule has 16 heteroatoms. The number of fused-ring (bicyclic) bond motifs is 3. The summed E-state index contributed by atoms with van der Waals surface area (Å²) >= 11 is 2.85. The Kier molecular flexibility index (Phi) is 7.86. The molecule has 0 radical (unpaired) electrons. The Labute approximate surface area is 255 Å². The third-order valence-electron chi connectivity index (χ3n) is 8.86. The number of carbonyl (C=O) groups excluding carboxylic acids is 3. The molecule has 43 heavy (non-hydrogen) atoms. The molecular formula is C27H33N5O9S2. The first-order valence-electron chi connectivity index (χ1n) is 14.2. The molecule has 1 aromatic rings. The molecule has 0 saturated carbocycles. The summed E-state index contributed by atoms with van der Waals surface area (Å²) in [5.74, 6) is -4.23. The van der Waals surface area contributed by atoms with Gasteiger partial charge in [-0.05, 0) is 31.7 Å². The van der Waals surface area contributed by atoms with Crippen LogP contribution in [-0.2, 0) is 37.0 Å². The lowest BCUT2D eigenvalue weighted by Crippen LogP contribution is -2.64. The molecule has 0 bridgehead atoms. The standard InChI is InChI=1S/C15H18N4O4S.C12H15NO5S/c1-7-11-10(8(2)20)14(21)19(11)12(15(22)23)13(7)24-9-3-17-5-16-6-18(17)4-9;1-5(14)7-10(15)13-8(12(16)17)9(19-11(7)13)6-3-2-4-18-6/h5-11,20H,3-4H2,1-2H3;5-7,11,14H,2-4H2,1H3,(H,16,17)/t7-,8-,10-,11-;5-,6-,7+,11-/m11/s1. The van der Waals surface area contributed by atoms with Crippen molar-refractivity contribution >= 4 is 47.3 Å². The summed E-state index contributed by atoms with van der Waals surface area (Å²) < 4.78 is 9.49. The molecular weight excluding hydrogens is 602 g/mol. The monoisotopic (exact) mass is 635 g/mol. The van der Waals surface area contributed by atoms with Gasteiger partial charge in [0.25, 0.3) is 0 Å². The quantitative estimate of drug-likeness (QED) is 0.232. The highest BCUT2D eigenvalue weighted by Gasteiger charge is 2.60. The number of hydrogen-bond donors (Lipinski definition) is 3. The van der Waals surface area contributed by atoms with Crippen LogP contribution in [0.25, 0.3) is 0 Å². The zero-order valence-corrected chi connectivity index (χ0v) is 25.4. The van der Waals surface area contributed by atoms with Crippen LogP contribution in [0.15, 0.2) is 33.9 Å². The summed E-state index contributed by atoms with van der Waals surface area (Å²) in [5, 5.41) is 40.3. The Bertz CT molecular complexity index is 1410. The molecule has 7 rings (SSSR count). The molecule has 3 fully saturated rings. The van der Waals surface area contributed by atoms with E-state index in [2.05, 4.69) is 4.98 Å². The maximum Gasteiger partial charge on any atom is 0.353 e. The Morgan fingerprint density at radius 2 is 1.86 bits per heavy atom. The number of aromatic nitrogens is 3. The van der Waals surface area contributed by atoms with Gasteiger partial charge in [-0.2, -0.15) is 9.36 Å². The highest BCUT2D eigenvalue weighted by atomic mass is 32.2. The average molecular weight is 636 g/mol. The number of carbonyl (C=O) groups is 4. The Balaban J connectivity index is 0.000000157. The van der Waals surface area contributed by atoms with Crippen LogP contribution in [0.1, 0.15) is 33.6 Å². The number of aliphatic carboxylic acids is 2. The number of thioether (sulfide) groups is 2. The molecule has 14 nitrogen and oxygen atoms in total. The zero-order chi connectivity index (χ0) is 30.9. The second-order valence-corrected chi connectivity index (χ2v) is 14.1. The van der Waals surface area contributed by atoms with Crippen molar-refractivity contribution in [2.24, 2.45) is 17.8 Å². The number of hydrogen-bond acceptors (Lipinski definition) is 11. The van der Waals surface area contributed by atoms with Gasteiger partial charge < -0.3 is 34.9 Å². The fraction of sp³-hybridized carbons (Fsp3) is 0.630. The van der Waals surface area contributed by atoms with E-state index in [0.717, 1.165) is 25.9 Å². The van der Waals surface area contributed by atoms with Gasteiger partial charge >= 0.3 is 12.3 Å². The van der Waals surface area contributed by atoms with E-state index in [4.69, 9.17) is 4.74 Å². The Morgan fingerprint density at radius 3 is 2.44 bits per heavy atom. The van der Waals surface area contributed by atoms with E-state index >= 15 is 0 Å². The summed E-state index contributed by atoms with van der Waals surface area (Å²) in [6.45, 7) is 7.15. The summed E-state index contributed by atoms with van der Waals surface area (Å²) in [5.41, 5.74) is 0.0305. The van der Waals surface area contributed by atoms with E-state index in [9.17, 15) is 39.6 Å². The number of aliphatic hydroxyl groups is 2. The molecule has 8 atom stereocenters. The first-order chi connectivity index (χ1) is 20.4. The second-order valence-electron chi connectivity index (χ2n) is 11.6. The van der Waals surface area contributed by atoms with Crippen molar-refractivity contribution in [1.29, 1.82) is 0 Å². The fourth-order valence-electron chi connectivity index (χ4n) is 6.84. The van der Waals surface area contributed by atoms with Gasteiger partial charge in [-0.25, -0.2) is 4.79 Å². The third-order valence-corrected chi connectivity index (χ3v) is 11.8. The average Bonchev–Trinajstić information content (AvgIpc) is 3.72. The minimum atomic E-state index is -1.32. The van der Waals surface area contributed by atoms with E-state index in [1.807, 2.05) is 16.3 Å². The number of ether oxygens (including phenoxy) is 1. The van der Waals surface area contributed by atoms with Crippen molar-refractivity contribution in [1.82, 2.24) is 19.5 Å². The molecule has 0 spiro atoms. The van der Waals surface area contributed by atoms with E-state index in [1.165, 1.54) is 33.3 Å². The molecule has 1 aromatic heterocycles. The minimum Gasteiger partial charge on any atom is -0.543 e. The van der Waals surface area contributed by atoms with Gasteiger partial charge in [-0.15, -0.1) is 11.8 Å². The first kappa shape index (κ1) is 30.1. The predicted octanol–water partition coefficient (Wildman–Crippen LogP) is -1.52. The molecule has 232 valence electrons. The van der Waals surface area contributed by atoms with E-state index in [0.29, 0.717) is 16.4 Å². The maximum absolute atomic E-state index is 12.3. The van der Waals surface area contributed by atoms with Crippen molar-refractivity contribution in [2.45, 2.75) is 81.7 Å². The Hall–Kier alpha value is -2.92. The van der Waals surface area contributed by atoms with E-state index in [-0.39, 0.29) is 51.9 Å². The van der Waals surface area contributed by atoms with Gasteiger partial charge in [0.15, 0.2) is 0 Å². The normalized spacial score (nSPS) is 33.8. The molecule has 0 unspecified atom stereocenters. The highest BCUT2D eigenvalue weighted by molar-refractivity contribution is 8.04. The summed E-state index contributed by atoms with van der Waals surface area (Å²) in [6.07, 6.45) is 3.40. The molecule has 0 aliphatic carbocycles. The molecule has 3 N–H and O–H groups in total. The third kappa shape index (κ3) is 4.77. The molecule has 0 aromatic carbocycles. The van der Waals surface area contributed by atoms with Crippen LogP contribution >= 0.6 is 23.5 Å². The number of amides is 2. The largest absolute Gasteiger partial charge is 0.543 e. The number of aliphatic hydroxyl groups excluding tert-OH is 2. The Morgan fingerprint density at radius 1 is 1.16 bits per heavy atom. The van der Waals surface area contributed by atoms with Crippen molar-refractivity contribution in [2.75, 3.05) is 6.61 Å². The summed E-state index contributed by atoms with van der Waals surface area (Å²) in [7, 11) is 0. The number of β-lactam (4-membered cyclic amide) rings is 2. The molecule has 6 aliphatic heterocycles. The minimum absolute atomic E-state index is 0.0147. The first-order valence-corrected chi connectivity index (χ1v) is 16.0. The number of carboxylic acid groups (broad SMARTS) is 2. The van der Waals surface area contributed by atoms with Crippen LogP contribution in [-0.4, -0.2) is 100 Å². The van der Waals surface area contributed by atoms with Gasteiger partial charge in [0.2, 0.25) is 18.1 Å². The van der Waals surface area contributed by atoms with Crippen molar-refractivity contribution in [3.05, 3.63) is 33.9 Å². The fourth-order valence-corrected chi connectivity index (χ4v) is 10.0. The molecule has 2 amide bonds. The van der Waals surface area contributed by atoms with Crippen molar-refractivity contribution in [3.63, 3.8) is 0 Å². The van der Waals surface area contributed by atoms with E-state index < -0.39 is 36.0 Å². The smallest absolute Gasteiger partial charge is 0.353 e. The molecule has 3 saturated heterocycles. The lowest BCUT2D eigenvalue weighted by Gasteiger charge is -2.47. The predicted molar refractivity (Wildman–Crippen MR) is 148 cm³/mol. The number of nitrogens with zero attached hydrogens (tertiary/aromatic N) is 5. The van der Waals surface area contributed by atoms with Gasteiger partial charge in [-0.3, -0.25) is 14.5 Å². The molecule has 6 aliphatic rings. The van der Waals surface area contributed by atoms with E-state index in [1.54, 1.807) is 26.5 Å². The van der Waals surface area contributed by atoms with Crippen LogP contribution < -0.4 is 9.79 Å². The van der Waals surface area contributed by atoms with Gasteiger partial charge in [0, 0.05) is 22.3 Å². The maximum atomic E-state index is 12.3. The SMILES string of the molecule is C[C@@H](O)[C@H]1C(=O)N2C(C(=O)O)=C([C@H]3CCCO3)S[C@H]12.C[C@@H](O)[C@H]1C(=O)N2C(C(=O)[O-])=C(SC3Cn4cnc[n+]4C3)[C@H](C)[C@H]12. The lowest BCUT2D eigenvalue weighted by molar-refractivity contribution is -0.758. The van der Waals surface area contributed by atoms with Crippen LogP contribution in [0.2, 0.25) is 0 Å². The summed E-state index contributed by atoms with van der Waals surface area (Å²) in [6, 6.07) is -0.289.